The molecule has 0 heterocycles. The number of carboxylic acid groups (broad SMARTS) is 1. The zero-order valence-corrected chi connectivity index (χ0v) is 16.2. The first-order valence-corrected chi connectivity index (χ1v) is 9.62. The lowest BCUT2D eigenvalue weighted by atomic mass is 10.0. The Kier molecular flexibility index (Phi) is 16.0. The van der Waals surface area contributed by atoms with Crippen LogP contribution in [0.5, 0.6) is 0 Å². The summed E-state index contributed by atoms with van der Waals surface area (Å²) >= 11 is 0. The van der Waals surface area contributed by atoms with E-state index in [0.29, 0.717) is 6.42 Å². The number of hydrogen-bond donors (Lipinski definition) is 4. The molecule has 2 atom stereocenters. The molecule has 0 rings (SSSR count). The summed E-state index contributed by atoms with van der Waals surface area (Å²) in [6.45, 7) is 1.99. The second-order valence-corrected chi connectivity index (χ2v) is 6.40. The van der Waals surface area contributed by atoms with Crippen molar-refractivity contribution >= 4 is 5.97 Å². The Labute approximate surface area is 162 Å². The van der Waals surface area contributed by atoms with Crippen LogP contribution in [0, 0.1) is 0 Å². The number of aliphatic hydroxyl groups is 3. The lowest BCUT2D eigenvalue weighted by molar-refractivity contribution is -0.131. The highest BCUT2D eigenvalue weighted by Gasteiger charge is 2.02. The van der Waals surface area contributed by atoms with Crippen molar-refractivity contribution in [1.29, 1.82) is 0 Å². The summed E-state index contributed by atoms with van der Waals surface area (Å²) in [7, 11) is 0. The van der Waals surface area contributed by atoms with Crippen LogP contribution in [0.1, 0.15) is 58.3 Å². The van der Waals surface area contributed by atoms with Gasteiger partial charge in [-0.05, 0) is 37.8 Å². The van der Waals surface area contributed by atoms with Crippen molar-refractivity contribution in [3.05, 3.63) is 60.4 Å². The average molecular weight is 379 g/mol. The van der Waals surface area contributed by atoms with Crippen LogP contribution in [-0.2, 0) is 4.79 Å². The van der Waals surface area contributed by atoms with E-state index < -0.39 is 5.97 Å². The van der Waals surface area contributed by atoms with Crippen LogP contribution < -0.4 is 0 Å². The molecule has 0 aromatic rings. The van der Waals surface area contributed by atoms with Crippen LogP contribution in [0.2, 0.25) is 0 Å². The number of carboxylic acids is 1. The number of carbonyl (C=O) groups is 1. The zero-order chi connectivity index (χ0) is 20.3. The number of allylic oxidation sites excluding steroid dienone is 7. The fraction of sp³-hybridized carbons (Fsp3) is 0.500. The van der Waals surface area contributed by atoms with Gasteiger partial charge in [0.1, 0.15) is 5.76 Å². The highest BCUT2D eigenvalue weighted by molar-refractivity contribution is 5.80. The van der Waals surface area contributed by atoms with Gasteiger partial charge in [0.25, 0.3) is 0 Å². The van der Waals surface area contributed by atoms with Gasteiger partial charge in [-0.15, -0.1) is 0 Å². The van der Waals surface area contributed by atoms with Gasteiger partial charge in [-0.2, -0.15) is 0 Å². The van der Waals surface area contributed by atoms with E-state index in [-0.39, 0.29) is 18.0 Å². The van der Waals surface area contributed by atoms with Crippen LogP contribution in [-0.4, -0.2) is 38.6 Å². The van der Waals surface area contributed by atoms with Gasteiger partial charge in [0.15, 0.2) is 0 Å². The smallest absolute Gasteiger partial charge is 0.328 e. The van der Waals surface area contributed by atoms with Crippen molar-refractivity contribution in [2.24, 2.45) is 0 Å². The largest absolute Gasteiger partial charge is 0.508 e. The minimum atomic E-state index is -1.02. The second-order valence-electron chi connectivity index (χ2n) is 6.40. The highest BCUT2D eigenvalue weighted by Crippen LogP contribution is 2.11. The van der Waals surface area contributed by atoms with Crippen molar-refractivity contribution in [3.63, 3.8) is 0 Å². The molecule has 5 heteroatoms. The molecule has 0 aliphatic heterocycles. The molecule has 0 aromatic carbocycles. The lowest BCUT2D eigenvalue weighted by Gasteiger charge is -2.09. The molecule has 2 unspecified atom stereocenters. The number of hydrogen-bond acceptors (Lipinski definition) is 4. The molecular formula is C22H34O5. The molecule has 0 fully saturated rings. The predicted octanol–water partition coefficient (Wildman–Crippen LogP) is 4.60. The van der Waals surface area contributed by atoms with Crippen molar-refractivity contribution in [2.75, 3.05) is 0 Å². The van der Waals surface area contributed by atoms with Gasteiger partial charge < -0.3 is 20.4 Å². The Morgan fingerprint density at radius 1 is 0.815 bits per heavy atom. The van der Waals surface area contributed by atoms with Crippen molar-refractivity contribution in [2.45, 2.75) is 70.5 Å². The van der Waals surface area contributed by atoms with E-state index in [4.69, 9.17) is 5.11 Å². The van der Waals surface area contributed by atoms with Gasteiger partial charge in [-0.1, -0.05) is 69.1 Å². The molecule has 0 aliphatic carbocycles. The third-order valence-corrected chi connectivity index (χ3v) is 3.95. The summed E-state index contributed by atoms with van der Waals surface area (Å²) in [5.74, 6) is -0.972. The van der Waals surface area contributed by atoms with Gasteiger partial charge in [0, 0.05) is 6.08 Å². The molecule has 0 bridgehead atoms. The first-order valence-electron chi connectivity index (χ1n) is 9.62. The third kappa shape index (κ3) is 18.5. The quantitative estimate of drug-likeness (QED) is 0.144. The number of aliphatic carboxylic acids is 1. The lowest BCUT2D eigenvalue weighted by Crippen LogP contribution is -2.05. The molecular weight excluding hydrogens is 344 g/mol. The van der Waals surface area contributed by atoms with Crippen molar-refractivity contribution in [1.82, 2.24) is 0 Å². The Morgan fingerprint density at radius 2 is 1.44 bits per heavy atom. The Balaban J connectivity index is 3.84. The zero-order valence-electron chi connectivity index (χ0n) is 16.2. The van der Waals surface area contributed by atoms with E-state index in [1.54, 1.807) is 12.2 Å². The first-order chi connectivity index (χ1) is 13.0. The summed E-state index contributed by atoms with van der Waals surface area (Å²) in [5, 5.41) is 37.4. The van der Waals surface area contributed by atoms with Crippen molar-refractivity contribution in [3.8, 4) is 0 Å². The number of rotatable bonds is 15. The second kappa shape index (κ2) is 17.3. The average Bonchev–Trinajstić information content (AvgIpc) is 2.63. The highest BCUT2D eigenvalue weighted by atomic mass is 16.4. The van der Waals surface area contributed by atoms with E-state index in [1.165, 1.54) is 30.4 Å². The molecule has 0 radical (unpaired) electrons. The Morgan fingerprint density at radius 3 is 2.07 bits per heavy atom. The van der Waals surface area contributed by atoms with Gasteiger partial charge in [0.2, 0.25) is 0 Å². The molecule has 152 valence electrons. The summed E-state index contributed by atoms with van der Waals surface area (Å²) < 4.78 is 0. The van der Waals surface area contributed by atoms with E-state index in [9.17, 15) is 20.1 Å². The van der Waals surface area contributed by atoms with E-state index >= 15 is 0 Å². The maximum atomic E-state index is 10.2. The fourth-order valence-electron chi connectivity index (χ4n) is 2.32. The van der Waals surface area contributed by atoms with E-state index in [1.807, 2.05) is 13.0 Å². The standard InChI is InChI=1S/C22H34O5/c1-2-19(23)13-7-3-4-8-14-20(24)15-9-5-10-16-21(25)17-11-6-12-18-22(26)27/h5-6,9-12,16-20,23-25H,2-4,7-8,13-15H2,1H3,(H,26,27). The molecule has 0 aliphatic rings. The van der Waals surface area contributed by atoms with Crippen LogP contribution in [0.15, 0.2) is 60.4 Å². The minimum absolute atomic E-state index is 0.0494. The first kappa shape index (κ1) is 24.9. The Bertz CT molecular complexity index is 529. The summed E-state index contributed by atoms with van der Waals surface area (Å²) in [5.41, 5.74) is 0. The molecule has 5 nitrogen and oxygen atoms in total. The van der Waals surface area contributed by atoms with Crippen LogP contribution >= 0.6 is 0 Å². The molecule has 0 aromatic heterocycles. The maximum absolute atomic E-state index is 10.2. The third-order valence-electron chi connectivity index (χ3n) is 3.95. The maximum Gasteiger partial charge on any atom is 0.328 e. The predicted molar refractivity (Wildman–Crippen MR) is 110 cm³/mol. The van der Waals surface area contributed by atoms with Gasteiger partial charge in [0.05, 0.1) is 12.2 Å². The van der Waals surface area contributed by atoms with Crippen LogP contribution in [0.25, 0.3) is 0 Å². The number of aliphatic hydroxyl groups excluding tert-OH is 3. The molecule has 0 saturated heterocycles. The van der Waals surface area contributed by atoms with Crippen LogP contribution in [0.3, 0.4) is 0 Å². The van der Waals surface area contributed by atoms with E-state index in [0.717, 1.165) is 51.0 Å². The molecule has 0 saturated carbocycles. The minimum Gasteiger partial charge on any atom is -0.508 e. The van der Waals surface area contributed by atoms with Gasteiger partial charge >= 0.3 is 5.97 Å². The topological polar surface area (TPSA) is 98.0 Å². The van der Waals surface area contributed by atoms with Crippen LogP contribution in [0.4, 0.5) is 0 Å². The van der Waals surface area contributed by atoms with Gasteiger partial charge in [-0.25, -0.2) is 4.79 Å². The fourth-order valence-corrected chi connectivity index (χ4v) is 2.32. The normalized spacial score (nSPS) is 15.4. The Hall–Kier alpha value is -2.11. The van der Waals surface area contributed by atoms with E-state index in [2.05, 4.69) is 0 Å². The number of unbranched alkanes of at least 4 members (excludes halogenated alkanes) is 3. The van der Waals surface area contributed by atoms with Gasteiger partial charge in [-0.3, -0.25) is 0 Å². The summed E-state index contributed by atoms with van der Waals surface area (Å²) in [6.07, 6.45) is 20.4. The molecule has 27 heavy (non-hydrogen) atoms. The van der Waals surface area contributed by atoms with Crippen molar-refractivity contribution < 1.29 is 25.2 Å². The molecule has 0 spiro atoms. The summed E-state index contributed by atoms with van der Waals surface area (Å²) in [4.78, 5) is 10.2. The summed E-state index contributed by atoms with van der Waals surface area (Å²) in [6, 6.07) is 0. The monoisotopic (exact) mass is 378 g/mol. The molecule has 4 N–H and O–H groups in total. The SMILES string of the molecule is CCC(O)CCCCCCC(O)CC=CC=CC(O)=CC=CC=CC(=O)O. The molecule has 0 amide bonds.